The van der Waals surface area contributed by atoms with E-state index < -0.39 is 17.4 Å². The van der Waals surface area contributed by atoms with Gasteiger partial charge < -0.3 is 30.6 Å². The van der Waals surface area contributed by atoms with E-state index in [0.29, 0.717) is 23.5 Å². The van der Waals surface area contributed by atoms with Crippen molar-refractivity contribution in [1.82, 2.24) is 10.2 Å². The molecule has 3 aromatic rings. The lowest BCUT2D eigenvalue weighted by atomic mass is 9.83. The number of fused-ring (bicyclic) bond motifs is 1. The Morgan fingerprint density at radius 2 is 1.89 bits per heavy atom. The first-order chi connectivity index (χ1) is 21.7. The largest absolute Gasteiger partial charge is 0.395 e. The van der Waals surface area contributed by atoms with Crippen LogP contribution >= 0.6 is 15.9 Å². The smallest absolute Gasteiger partial charge is 0.264 e. The number of halogens is 1. The van der Waals surface area contributed by atoms with E-state index in [-0.39, 0.29) is 44.0 Å². The minimum absolute atomic E-state index is 0.0550. The Kier molecular flexibility index (Phi) is 10.5. The van der Waals surface area contributed by atoms with Crippen molar-refractivity contribution < 1.29 is 24.6 Å². The lowest BCUT2D eigenvalue weighted by molar-refractivity contribution is -0.139. The highest BCUT2D eigenvalue weighted by Gasteiger charge is 2.52. The number of anilines is 2. The van der Waals surface area contributed by atoms with Crippen LogP contribution in [-0.2, 0) is 33.1 Å². The summed E-state index contributed by atoms with van der Waals surface area (Å²) in [6, 6.07) is 22.2. The van der Waals surface area contributed by atoms with Gasteiger partial charge in [-0.3, -0.25) is 14.4 Å². The van der Waals surface area contributed by atoms with Gasteiger partial charge >= 0.3 is 0 Å². The number of hydrogen-bond donors (Lipinski definition) is 4. The van der Waals surface area contributed by atoms with Crippen molar-refractivity contribution in [3.8, 4) is 0 Å². The van der Waals surface area contributed by atoms with Crippen LogP contribution in [0.2, 0.25) is 0 Å². The quantitative estimate of drug-likeness (QED) is 0.210. The van der Waals surface area contributed by atoms with Gasteiger partial charge in [-0.2, -0.15) is 0 Å². The molecule has 0 aromatic heterocycles. The van der Waals surface area contributed by atoms with Crippen molar-refractivity contribution in [2.24, 2.45) is 5.92 Å². The molecule has 0 radical (unpaired) electrons. The number of carbonyl (C=O) groups excluding carboxylic acids is 3. The number of nitrogens with one attached hydrogen (secondary N) is 2. The molecule has 0 unspecified atom stereocenters. The molecule has 3 aromatic carbocycles. The SMILES string of the molecule is C[C@@H](/C=C/CC(=O)N(CCO)Cc1ccccc1)[C@]1(O)C(=O)N(Cc2ccc(NC(=O)[C@H]3CCCN3)cc2)c2ccc(Br)cc21. The van der Waals surface area contributed by atoms with Gasteiger partial charge in [0, 0.05) is 41.2 Å². The van der Waals surface area contributed by atoms with Crippen molar-refractivity contribution in [3.63, 3.8) is 0 Å². The van der Waals surface area contributed by atoms with Crippen molar-refractivity contribution in [3.05, 3.63) is 106 Å². The van der Waals surface area contributed by atoms with Crippen LogP contribution < -0.4 is 15.5 Å². The molecule has 5 rings (SSSR count). The maximum absolute atomic E-state index is 14.0. The number of nitrogens with zero attached hydrogens (tertiary/aromatic N) is 2. The molecule has 1 fully saturated rings. The van der Waals surface area contributed by atoms with E-state index in [1.165, 1.54) is 0 Å². The summed E-state index contributed by atoms with van der Waals surface area (Å²) < 4.78 is 0.734. The molecule has 3 atom stereocenters. The molecule has 2 heterocycles. The maximum atomic E-state index is 14.0. The Bertz CT molecular complexity index is 1540. The second-order valence-electron chi connectivity index (χ2n) is 11.6. The predicted molar refractivity (Wildman–Crippen MR) is 177 cm³/mol. The Hall–Kier alpha value is -3.83. The third-order valence-corrected chi connectivity index (χ3v) is 8.98. The Balaban J connectivity index is 1.28. The van der Waals surface area contributed by atoms with Gasteiger partial charge in [-0.05, 0) is 60.8 Å². The monoisotopic (exact) mass is 674 g/mol. The molecular formula is C35H39BrN4O5. The van der Waals surface area contributed by atoms with E-state index in [9.17, 15) is 24.6 Å². The van der Waals surface area contributed by atoms with Gasteiger partial charge in [-0.1, -0.05) is 77.5 Å². The van der Waals surface area contributed by atoms with Crippen molar-refractivity contribution in [2.45, 2.75) is 50.9 Å². The Morgan fingerprint density at radius 3 is 2.58 bits per heavy atom. The highest BCUT2D eigenvalue weighted by Crippen LogP contribution is 2.46. The van der Waals surface area contributed by atoms with Gasteiger partial charge in [-0.15, -0.1) is 0 Å². The standard InChI is InChI=1S/C35H39BrN4O5/c1-24(7-5-11-32(42)39(19-20-41)22-25-8-3-2-4-9-25)35(45)29-21-27(36)14-17-31(29)40(34(35)44)23-26-12-15-28(16-13-26)38-33(43)30-10-6-18-37-30/h2-5,7-9,12-17,21,24,30,37,41,45H,6,10-11,18-20,22-23H2,1H3,(H,38,43)/b7-5+/t24-,30+,35+/m0/s1. The summed E-state index contributed by atoms with van der Waals surface area (Å²) in [6.45, 7) is 3.28. The van der Waals surface area contributed by atoms with Crippen LogP contribution in [0.3, 0.4) is 0 Å². The molecule has 3 amide bonds. The van der Waals surface area contributed by atoms with Gasteiger partial charge in [0.25, 0.3) is 5.91 Å². The molecule has 2 aliphatic heterocycles. The maximum Gasteiger partial charge on any atom is 0.264 e. The van der Waals surface area contributed by atoms with Crippen LogP contribution in [0, 0.1) is 5.92 Å². The molecule has 236 valence electrons. The zero-order valence-corrected chi connectivity index (χ0v) is 26.9. The first-order valence-corrected chi connectivity index (χ1v) is 16.1. The number of aliphatic hydroxyl groups is 2. The van der Waals surface area contributed by atoms with E-state index in [4.69, 9.17) is 0 Å². The van der Waals surface area contributed by atoms with E-state index in [1.807, 2.05) is 66.7 Å². The van der Waals surface area contributed by atoms with Crippen molar-refractivity contribution >= 4 is 45.0 Å². The van der Waals surface area contributed by atoms with Crippen LogP contribution in [0.25, 0.3) is 0 Å². The van der Waals surface area contributed by atoms with Crippen LogP contribution in [0.15, 0.2) is 89.4 Å². The third kappa shape index (κ3) is 7.36. The summed E-state index contributed by atoms with van der Waals surface area (Å²) in [7, 11) is 0. The average molecular weight is 676 g/mol. The van der Waals surface area contributed by atoms with Gasteiger partial charge in [0.2, 0.25) is 11.8 Å². The number of rotatable bonds is 12. The Labute approximate surface area is 272 Å². The molecular weight excluding hydrogens is 636 g/mol. The fraction of sp³-hybridized carbons (Fsp3) is 0.343. The second kappa shape index (κ2) is 14.5. The zero-order chi connectivity index (χ0) is 32.0. The van der Waals surface area contributed by atoms with Gasteiger partial charge in [0.1, 0.15) is 0 Å². The van der Waals surface area contributed by atoms with E-state index in [2.05, 4.69) is 26.6 Å². The highest BCUT2D eigenvalue weighted by atomic mass is 79.9. The van der Waals surface area contributed by atoms with Crippen LogP contribution in [-0.4, -0.2) is 58.6 Å². The normalized spacial score (nSPS) is 20.0. The molecule has 1 saturated heterocycles. The van der Waals surface area contributed by atoms with Gasteiger partial charge in [0.15, 0.2) is 5.60 Å². The van der Waals surface area contributed by atoms with Crippen LogP contribution in [0.5, 0.6) is 0 Å². The molecule has 10 heteroatoms. The number of amides is 3. The second-order valence-corrected chi connectivity index (χ2v) is 12.5. The average Bonchev–Trinajstić information content (AvgIpc) is 3.65. The van der Waals surface area contributed by atoms with Gasteiger partial charge in [0.05, 0.1) is 24.9 Å². The molecule has 0 bridgehead atoms. The summed E-state index contributed by atoms with van der Waals surface area (Å²) >= 11 is 3.49. The molecule has 4 N–H and O–H groups in total. The Morgan fingerprint density at radius 1 is 1.13 bits per heavy atom. The van der Waals surface area contributed by atoms with E-state index in [0.717, 1.165) is 35.0 Å². The number of aliphatic hydroxyl groups excluding tert-OH is 1. The fourth-order valence-electron chi connectivity index (χ4n) is 5.95. The molecule has 45 heavy (non-hydrogen) atoms. The van der Waals surface area contributed by atoms with Gasteiger partial charge in [-0.25, -0.2) is 0 Å². The van der Waals surface area contributed by atoms with Crippen LogP contribution in [0.4, 0.5) is 11.4 Å². The molecule has 9 nitrogen and oxygen atoms in total. The molecule has 2 aliphatic rings. The lowest BCUT2D eigenvalue weighted by Gasteiger charge is -2.28. The fourth-order valence-corrected chi connectivity index (χ4v) is 6.31. The summed E-state index contributed by atoms with van der Waals surface area (Å²) in [5, 5.41) is 27.7. The molecule has 0 spiro atoms. The first kappa shape index (κ1) is 32.6. The molecule has 0 saturated carbocycles. The predicted octanol–water partition coefficient (Wildman–Crippen LogP) is 4.48. The van der Waals surface area contributed by atoms with Crippen molar-refractivity contribution in [1.29, 1.82) is 0 Å². The first-order valence-electron chi connectivity index (χ1n) is 15.3. The minimum atomic E-state index is -1.84. The van der Waals surface area contributed by atoms with Crippen molar-refractivity contribution in [2.75, 3.05) is 29.9 Å². The summed E-state index contributed by atoms with van der Waals surface area (Å²) in [5.41, 5.74) is 1.75. The van der Waals surface area contributed by atoms with E-state index >= 15 is 0 Å². The summed E-state index contributed by atoms with van der Waals surface area (Å²) in [4.78, 5) is 42.6. The molecule has 0 aliphatic carbocycles. The summed E-state index contributed by atoms with van der Waals surface area (Å²) in [6.07, 6.45) is 5.26. The van der Waals surface area contributed by atoms with Crippen LogP contribution in [0.1, 0.15) is 42.9 Å². The summed E-state index contributed by atoms with van der Waals surface area (Å²) in [5.74, 6) is -1.31. The highest BCUT2D eigenvalue weighted by molar-refractivity contribution is 9.10. The number of carbonyl (C=O) groups is 3. The minimum Gasteiger partial charge on any atom is -0.395 e. The number of benzene rings is 3. The van der Waals surface area contributed by atoms with E-state index in [1.54, 1.807) is 34.9 Å². The topological polar surface area (TPSA) is 122 Å². The number of hydrogen-bond acceptors (Lipinski definition) is 6. The lowest BCUT2D eigenvalue weighted by Crippen LogP contribution is -2.44. The zero-order valence-electron chi connectivity index (χ0n) is 25.3. The third-order valence-electron chi connectivity index (χ3n) is 8.49.